The third-order valence-corrected chi connectivity index (χ3v) is 4.05. The molecule has 0 saturated heterocycles. The highest BCUT2D eigenvalue weighted by atomic mass is 19.1. The topological polar surface area (TPSA) is 60.5 Å². The first-order valence-electron chi connectivity index (χ1n) is 8.07. The van der Waals surface area contributed by atoms with Gasteiger partial charge in [0.05, 0.1) is 5.56 Å². The number of rotatable bonds is 4. The van der Waals surface area contributed by atoms with E-state index in [1.807, 2.05) is 18.2 Å². The Labute approximate surface area is 156 Å². The van der Waals surface area contributed by atoms with Crippen molar-refractivity contribution in [1.29, 1.82) is 0 Å². The second kappa shape index (κ2) is 7.86. The lowest BCUT2D eigenvalue weighted by Gasteiger charge is -2.08. The van der Waals surface area contributed by atoms with Gasteiger partial charge < -0.3 is 14.8 Å². The van der Waals surface area contributed by atoms with Crippen LogP contribution in [-0.2, 0) is 6.54 Å². The summed E-state index contributed by atoms with van der Waals surface area (Å²) in [4.78, 5) is 16.5. The van der Waals surface area contributed by atoms with Crippen molar-refractivity contribution in [3.63, 3.8) is 0 Å². The molecule has 4 rings (SSSR count). The predicted octanol–water partition coefficient (Wildman–Crippen LogP) is 4.18. The van der Waals surface area contributed by atoms with Gasteiger partial charge in [-0.3, -0.25) is 9.78 Å². The quantitative estimate of drug-likeness (QED) is 0.752. The molecule has 1 aliphatic heterocycles. The maximum Gasteiger partial charge on any atom is 0.253 e. The summed E-state index contributed by atoms with van der Waals surface area (Å²) in [7, 11) is 0. The number of carbonyl (C=O) groups is 1. The highest BCUT2D eigenvalue weighted by molar-refractivity contribution is 5.95. The molecule has 0 atom stereocenters. The van der Waals surface area contributed by atoms with Crippen LogP contribution >= 0.6 is 0 Å². The van der Waals surface area contributed by atoms with Crippen molar-refractivity contribution in [3.05, 3.63) is 77.9 Å². The molecule has 6 heteroatoms. The van der Waals surface area contributed by atoms with Crippen LogP contribution in [0, 0.1) is 5.82 Å². The molecule has 2 heterocycles. The molecular weight excluding hydrogens is 347 g/mol. The summed E-state index contributed by atoms with van der Waals surface area (Å²) < 4.78 is 23.9. The zero-order valence-electron chi connectivity index (χ0n) is 13.7. The van der Waals surface area contributed by atoms with E-state index in [-0.39, 0.29) is 32.5 Å². The van der Waals surface area contributed by atoms with Crippen molar-refractivity contribution in [3.8, 4) is 22.6 Å². The van der Waals surface area contributed by atoms with Crippen LogP contribution in [-0.4, -0.2) is 17.7 Å². The maximum absolute atomic E-state index is 13.2. The van der Waals surface area contributed by atoms with Gasteiger partial charge in [-0.05, 0) is 41.5 Å². The van der Waals surface area contributed by atoms with Gasteiger partial charge in [-0.15, -0.1) is 0 Å². The summed E-state index contributed by atoms with van der Waals surface area (Å²) in [5, 5.41) is 2.77. The van der Waals surface area contributed by atoms with Gasteiger partial charge in [0.1, 0.15) is 5.82 Å². The van der Waals surface area contributed by atoms with Crippen LogP contribution in [0.25, 0.3) is 11.1 Å². The number of hydrogen-bond donors (Lipinski definition) is 1. The van der Waals surface area contributed by atoms with E-state index in [0.29, 0.717) is 22.6 Å². The molecule has 2 aromatic carbocycles. The molecule has 138 valence electrons. The second-order valence-corrected chi connectivity index (χ2v) is 5.84. The van der Waals surface area contributed by atoms with Crippen molar-refractivity contribution in [1.82, 2.24) is 10.3 Å². The van der Waals surface area contributed by atoms with Gasteiger partial charge >= 0.3 is 0 Å². The van der Waals surface area contributed by atoms with E-state index in [1.165, 1.54) is 18.3 Å². The van der Waals surface area contributed by atoms with E-state index in [9.17, 15) is 9.18 Å². The molecule has 5 nitrogen and oxygen atoms in total. The molecule has 1 aliphatic rings. The Balaban J connectivity index is 0.00000210. The largest absolute Gasteiger partial charge is 0.454 e. The Hall–Kier alpha value is -3.41. The van der Waals surface area contributed by atoms with Crippen LogP contribution in [0.5, 0.6) is 11.5 Å². The highest BCUT2D eigenvalue weighted by Gasteiger charge is 2.15. The fraction of sp³-hybridized carbons (Fsp3) is 0.143. The van der Waals surface area contributed by atoms with Gasteiger partial charge in [-0.2, -0.15) is 0 Å². The van der Waals surface area contributed by atoms with Crippen molar-refractivity contribution in [2.75, 3.05) is 6.79 Å². The maximum atomic E-state index is 13.2. The first-order valence-corrected chi connectivity index (χ1v) is 8.07. The number of halogens is 1. The van der Waals surface area contributed by atoms with E-state index in [4.69, 9.17) is 9.47 Å². The minimum absolute atomic E-state index is 0. The van der Waals surface area contributed by atoms with Crippen LogP contribution in [0.4, 0.5) is 4.39 Å². The SMILES string of the molecule is C.O=C(NCc1cccc(F)c1)c1cncc(-c2ccc3c(c2)OCO3)c1. The molecule has 3 aromatic rings. The normalized spacial score (nSPS) is 11.6. The smallest absolute Gasteiger partial charge is 0.253 e. The van der Waals surface area contributed by atoms with Gasteiger partial charge in [-0.1, -0.05) is 25.6 Å². The highest BCUT2D eigenvalue weighted by Crippen LogP contribution is 2.35. The fourth-order valence-electron chi connectivity index (χ4n) is 2.73. The molecule has 0 aliphatic carbocycles. The average Bonchev–Trinajstić information content (AvgIpc) is 3.14. The number of aromatic nitrogens is 1. The van der Waals surface area contributed by atoms with Crippen molar-refractivity contribution >= 4 is 5.91 Å². The van der Waals surface area contributed by atoms with E-state index in [1.54, 1.807) is 24.4 Å². The third-order valence-electron chi connectivity index (χ3n) is 4.05. The number of ether oxygens (including phenoxy) is 2. The fourth-order valence-corrected chi connectivity index (χ4v) is 2.73. The van der Waals surface area contributed by atoms with E-state index in [2.05, 4.69) is 10.3 Å². The molecule has 1 aromatic heterocycles. The number of pyridine rings is 1. The molecule has 0 unspecified atom stereocenters. The van der Waals surface area contributed by atoms with Crippen molar-refractivity contribution in [2.24, 2.45) is 0 Å². The van der Waals surface area contributed by atoms with Gasteiger partial charge in [-0.25, -0.2) is 4.39 Å². The minimum atomic E-state index is -0.330. The molecule has 1 N–H and O–H groups in total. The van der Waals surface area contributed by atoms with Crippen LogP contribution in [0.1, 0.15) is 23.3 Å². The molecule has 0 bridgehead atoms. The number of carbonyl (C=O) groups excluding carboxylic acids is 1. The average molecular weight is 366 g/mol. The monoisotopic (exact) mass is 366 g/mol. The number of nitrogens with one attached hydrogen (secondary N) is 1. The summed E-state index contributed by atoms with van der Waals surface area (Å²) in [5.74, 6) is 0.765. The van der Waals surface area contributed by atoms with Crippen LogP contribution in [0.3, 0.4) is 0 Å². The predicted molar refractivity (Wildman–Crippen MR) is 100 cm³/mol. The molecule has 0 fully saturated rings. The van der Waals surface area contributed by atoms with Crippen molar-refractivity contribution in [2.45, 2.75) is 14.0 Å². The second-order valence-electron chi connectivity index (χ2n) is 5.84. The van der Waals surface area contributed by atoms with Gasteiger partial charge in [0.2, 0.25) is 6.79 Å². The first-order chi connectivity index (χ1) is 12.7. The number of benzene rings is 2. The van der Waals surface area contributed by atoms with E-state index in [0.717, 1.165) is 11.1 Å². The van der Waals surface area contributed by atoms with Crippen LogP contribution < -0.4 is 14.8 Å². The first kappa shape index (κ1) is 18.4. The molecular formula is C21H19FN2O3. The number of hydrogen-bond acceptors (Lipinski definition) is 4. The summed E-state index contributed by atoms with van der Waals surface area (Å²) in [6.45, 7) is 0.449. The van der Waals surface area contributed by atoms with E-state index >= 15 is 0 Å². The lowest BCUT2D eigenvalue weighted by molar-refractivity contribution is 0.0950. The zero-order valence-corrected chi connectivity index (χ0v) is 13.7. The van der Waals surface area contributed by atoms with Crippen LogP contribution in [0.2, 0.25) is 0 Å². The lowest BCUT2D eigenvalue weighted by Crippen LogP contribution is -2.23. The van der Waals surface area contributed by atoms with E-state index < -0.39 is 0 Å². The molecule has 1 amide bonds. The molecule has 0 spiro atoms. The van der Waals surface area contributed by atoms with Gasteiger partial charge in [0.25, 0.3) is 5.91 Å². The lowest BCUT2D eigenvalue weighted by atomic mass is 10.1. The Morgan fingerprint density at radius 1 is 1.04 bits per heavy atom. The van der Waals surface area contributed by atoms with Gasteiger partial charge in [0, 0.05) is 24.5 Å². The van der Waals surface area contributed by atoms with Crippen molar-refractivity contribution < 1.29 is 18.7 Å². The summed E-state index contributed by atoms with van der Waals surface area (Å²) in [6, 6.07) is 13.4. The summed E-state index contributed by atoms with van der Waals surface area (Å²) >= 11 is 0. The standard InChI is InChI=1S/C20H15FN2O3.CH4/c21-17-3-1-2-13(6-17)9-23-20(24)16-7-15(10-22-11-16)14-4-5-18-19(8-14)26-12-25-18;/h1-8,10-11H,9,12H2,(H,23,24);1H4. The number of amides is 1. The summed E-state index contributed by atoms with van der Waals surface area (Å²) in [6.07, 6.45) is 3.18. The molecule has 0 saturated carbocycles. The van der Waals surface area contributed by atoms with Crippen LogP contribution in [0.15, 0.2) is 60.9 Å². The Morgan fingerprint density at radius 3 is 2.74 bits per heavy atom. The molecule has 0 radical (unpaired) electrons. The third kappa shape index (κ3) is 4.06. The van der Waals surface area contributed by atoms with Gasteiger partial charge in [0.15, 0.2) is 11.5 Å². The minimum Gasteiger partial charge on any atom is -0.454 e. The number of nitrogens with zero attached hydrogens (tertiary/aromatic N) is 1. The number of fused-ring (bicyclic) bond motifs is 1. The summed E-state index contributed by atoms with van der Waals surface area (Å²) in [5.41, 5.74) is 2.79. The Morgan fingerprint density at radius 2 is 1.89 bits per heavy atom. The Bertz CT molecular complexity index is 975. The zero-order chi connectivity index (χ0) is 17.9. The Kier molecular flexibility index (Phi) is 5.35. The molecule has 27 heavy (non-hydrogen) atoms.